The van der Waals surface area contributed by atoms with Crippen molar-refractivity contribution in [2.75, 3.05) is 13.1 Å². The number of aryl methyl sites for hydroxylation is 1. The van der Waals surface area contributed by atoms with Crippen molar-refractivity contribution in [3.05, 3.63) is 33.6 Å². The summed E-state index contributed by atoms with van der Waals surface area (Å²) in [6.45, 7) is 7.82. The lowest BCUT2D eigenvalue weighted by atomic mass is 9.94. The minimum atomic E-state index is -0.134. The lowest BCUT2D eigenvalue weighted by molar-refractivity contribution is 0.419. The van der Waals surface area contributed by atoms with E-state index in [2.05, 4.69) is 25.5 Å². The maximum absolute atomic E-state index is 12.3. The molecule has 9 heteroatoms. The third kappa shape index (κ3) is 3.14. The minimum Gasteiger partial charge on any atom is -0.334 e. The zero-order valence-electron chi connectivity index (χ0n) is 15.1. The summed E-state index contributed by atoms with van der Waals surface area (Å²) in [5, 5.41) is 12.0. The number of hydrogen-bond donors (Lipinski definition) is 2. The fourth-order valence-electron chi connectivity index (χ4n) is 3.41. The van der Waals surface area contributed by atoms with Crippen molar-refractivity contribution in [1.82, 2.24) is 30.1 Å². The number of piperidine rings is 1. The molecule has 1 saturated heterocycles. The molecule has 0 atom stereocenters. The van der Waals surface area contributed by atoms with Crippen molar-refractivity contribution in [3.63, 3.8) is 0 Å². The molecule has 1 aliphatic rings. The fourth-order valence-corrected chi connectivity index (χ4v) is 3.41. The van der Waals surface area contributed by atoms with Crippen molar-refractivity contribution in [2.45, 2.75) is 45.4 Å². The van der Waals surface area contributed by atoms with Gasteiger partial charge in [-0.15, -0.1) is 12.4 Å². The molecule has 8 nitrogen and oxygen atoms in total. The second kappa shape index (κ2) is 7.20. The van der Waals surface area contributed by atoms with Gasteiger partial charge in [0.05, 0.1) is 11.4 Å². The van der Waals surface area contributed by atoms with E-state index >= 15 is 0 Å². The van der Waals surface area contributed by atoms with E-state index in [1.807, 2.05) is 25.3 Å². The molecule has 0 aromatic carbocycles. The number of H-pyrrole nitrogens is 1. The van der Waals surface area contributed by atoms with Gasteiger partial charge in [0.1, 0.15) is 11.2 Å². The molecule has 1 fully saturated rings. The Bertz CT molecular complexity index is 967. The average Bonchev–Trinajstić information content (AvgIpc) is 3.19. The van der Waals surface area contributed by atoms with Crippen molar-refractivity contribution in [2.24, 2.45) is 0 Å². The van der Waals surface area contributed by atoms with Crippen LogP contribution in [-0.4, -0.2) is 37.8 Å². The topological polar surface area (TPSA) is 101 Å². The summed E-state index contributed by atoms with van der Waals surface area (Å²) < 4.78 is 7.27. The van der Waals surface area contributed by atoms with Crippen LogP contribution in [0.4, 0.5) is 0 Å². The summed E-state index contributed by atoms with van der Waals surface area (Å²) in [5.74, 6) is 1.52. The molecule has 4 rings (SSSR count). The molecule has 140 valence electrons. The Morgan fingerprint density at radius 3 is 2.69 bits per heavy atom. The van der Waals surface area contributed by atoms with E-state index in [0.717, 1.165) is 37.3 Å². The molecule has 0 bridgehead atoms. The van der Waals surface area contributed by atoms with Crippen LogP contribution in [0.1, 0.15) is 55.7 Å². The second-order valence-corrected chi connectivity index (χ2v) is 6.92. The maximum Gasteiger partial charge on any atom is 0.263 e. The van der Waals surface area contributed by atoms with Crippen LogP contribution in [-0.2, 0) is 0 Å². The highest BCUT2D eigenvalue weighted by Crippen LogP contribution is 2.30. The molecule has 1 aliphatic heterocycles. The maximum atomic E-state index is 12.3. The van der Waals surface area contributed by atoms with Crippen LogP contribution >= 0.6 is 12.4 Å². The highest BCUT2D eigenvalue weighted by atomic mass is 35.5. The SMILES string of the molecule is Cc1nn2c(C3CCNCC3)cc(=O)[nH]c2c1-c1nc(C(C)C)no1.Cl. The summed E-state index contributed by atoms with van der Waals surface area (Å²) >= 11 is 0. The van der Waals surface area contributed by atoms with E-state index in [1.165, 1.54) is 0 Å². The molecule has 3 aromatic rings. The van der Waals surface area contributed by atoms with E-state index in [-0.39, 0.29) is 23.9 Å². The molecule has 0 amide bonds. The molecular formula is C17H23ClN6O2. The van der Waals surface area contributed by atoms with Crippen LogP contribution < -0.4 is 10.9 Å². The fraction of sp³-hybridized carbons (Fsp3) is 0.529. The van der Waals surface area contributed by atoms with Gasteiger partial charge in [-0.3, -0.25) is 4.79 Å². The monoisotopic (exact) mass is 378 g/mol. The summed E-state index contributed by atoms with van der Waals surface area (Å²) in [7, 11) is 0. The normalized spacial score (nSPS) is 15.5. The second-order valence-electron chi connectivity index (χ2n) is 6.92. The molecule has 26 heavy (non-hydrogen) atoms. The van der Waals surface area contributed by atoms with Gasteiger partial charge in [0.2, 0.25) is 0 Å². The zero-order valence-corrected chi connectivity index (χ0v) is 15.9. The number of rotatable bonds is 3. The first-order valence-electron chi connectivity index (χ1n) is 8.72. The van der Waals surface area contributed by atoms with E-state index in [9.17, 15) is 4.79 Å². The van der Waals surface area contributed by atoms with Crippen molar-refractivity contribution in [1.29, 1.82) is 0 Å². The van der Waals surface area contributed by atoms with Crippen LogP contribution in [0.2, 0.25) is 0 Å². The lowest BCUT2D eigenvalue weighted by Crippen LogP contribution is -2.28. The van der Waals surface area contributed by atoms with Gasteiger partial charge < -0.3 is 14.8 Å². The molecule has 4 heterocycles. The number of aromatic amines is 1. The van der Waals surface area contributed by atoms with Crippen LogP contribution in [0, 0.1) is 6.92 Å². The van der Waals surface area contributed by atoms with Crippen molar-refractivity contribution < 1.29 is 4.52 Å². The number of aromatic nitrogens is 5. The Morgan fingerprint density at radius 2 is 2.04 bits per heavy atom. The standard InChI is InChI=1S/C17H22N6O2.ClH/c1-9(2)15-20-17(25-22-15)14-10(3)21-23-12(8-13(24)19-16(14)23)11-4-6-18-7-5-11;/h8-9,11,18H,4-7H2,1-3H3,(H,19,24);1H. The van der Waals surface area contributed by atoms with E-state index < -0.39 is 0 Å². The zero-order chi connectivity index (χ0) is 17.6. The molecule has 2 N–H and O–H groups in total. The number of nitrogens with zero attached hydrogens (tertiary/aromatic N) is 4. The summed E-state index contributed by atoms with van der Waals surface area (Å²) in [6, 6.07) is 1.66. The molecule has 0 saturated carbocycles. The lowest BCUT2D eigenvalue weighted by Gasteiger charge is -2.23. The Morgan fingerprint density at radius 1 is 1.31 bits per heavy atom. The van der Waals surface area contributed by atoms with Crippen LogP contribution in [0.15, 0.2) is 15.4 Å². The first kappa shape index (κ1) is 18.6. The Kier molecular flexibility index (Phi) is 5.15. The van der Waals surface area contributed by atoms with Gasteiger partial charge >= 0.3 is 0 Å². The predicted octanol–water partition coefficient (Wildman–Crippen LogP) is 2.39. The van der Waals surface area contributed by atoms with Gasteiger partial charge in [0.15, 0.2) is 5.82 Å². The van der Waals surface area contributed by atoms with Gasteiger partial charge in [-0.05, 0) is 32.9 Å². The third-order valence-electron chi connectivity index (χ3n) is 4.75. The molecular weight excluding hydrogens is 356 g/mol. The van der Waals surface area contributed by atoms with Crippen LogP contribution in [0.3, 0.4) is 0 Å². The molecule has 0 radical (unpaired) electrons. The first-order chi connectivity index (χ1) is 12.0. The first-order valence-corrected chi connectivity index (χ1v) is 8.72. The minimum absolute atomic E-state index is 0. The van der Waals surface area contributed by atoms with E-state index in [4.69, 9.17) is 4.52 Å². The van der Waals surface area contributed by atoms with Crippen LogP contribution in [0.25, 0.3) is 17.1 Å². The highest BCUT2D eigenvalue weighted by molar-refractivity contribution is 5.85. The highest BCUT2D eigenvalue weighted by Gasteiger charge is 2.24. The number of hydrogen-bond acceptors (Lipinski definition) is 6. The van der Waals surface area contributed by atoms with Crippen molar-refractivity contribution >= 4 is 18.1 Å². The van der Waals surface area contributed by atoms with E-state index in [1.54, 1.807) is 6.07 Å². The third-order valence-corrected chi connectivity index (χ3v) is 4.75. The smallest absolute Gasteiger partial charge is 0.263 e. The summed E-state index contributed by atoms with van der Waals surface area (Å²) in [4.78, 5) is 19.6. The van der Waals surface area contributed by atoms with Gasteiger partial charge in [-0.1, -0.05) is 19.0 Å². The van der Waals surface area contributed by atoms with Crippen molar-refractivity contribution in [3.8, 4) is 11.5 Å². The van der Waals surface area contributed by atoms with Crippen LogP contribution in [0.5, 0.6) is 0 Å². The van der Waals surface area contributed by atoms with E-state index in [0.29, 0.717) is 28.8 Å². The number of halogens is 1. The molecule has 0 spiro atoms. The van der Waals surface area contributed by atoms with Gasteiger partial charge in [-0.25, -0.2) is 4.52 Å². The Labute approximate surface area is 156 Å². The molecule has 3 aromatic heterocycles. The predicted molar refractivity (Wildman–Crippen MR) is 100 cm³/mol. The quantitative estimate of drug-likeness (QED) is 0.725. The number of fused-ring (bicyclic) bond motifs is 1. The number of nitrogens with one attached hydrogen (secondary N) is 2. The average molecular weight is 379 g/mol. The van der Waals surface area contributed by atoms with Gasteiger partial charge in [0.25, 0.3) is 11.4 Å². The Hall–Kier alpha value is -2.19. The Balaban J connectivity index is 0.00000196. The van der Waals surface area contributed by atoms with Gasteiger partial charge in [0, 0.05) is 17.9 Å². The molecule has 0 aliphatic carbocycles. The summed E-state index contributed by atoms with van der Waals surface area (Å²) in [5.41, 5.74) is 2.89. The molecule has 0 unspecified atom stereocenters. The summed E-state index contributed by atoms with van der Waals surface area (Å²) in [6.07, 6.45) is 1.98. The van der Waals surface area contributed by atoms with Gasteiger partial charge in [-0.2, -0.15) is 10.1 Å². The largest absolute Gasteiger partial charge is 0.334 e.